The first kappa shape index (κ1) is 33.5. The van der Waals surface area contributed by atoms with E-state index < -0.39 is 18.4 Å². The van der Waals surface area contributed by atoms with Crippen LogP contribution in [0, 0.1) is 70.3 Å². The summed E-state index contributed by atoms with van der Waals surface area (Å²) in [6.07, 6.45) is 9.27. The zero-order valence-electron chi connectivity index (χ0n) is 12.9. The van der Waals surface area contributed by atoms with Crippen LogP contribution in [0.2, 0.25) is 0 Å². The fourth-order valence-corrected chi connectivity index (χ4v) is 0.805. The molecule has 0 bridgehead atoms. The SMILES string of the molecule is CC[S-].FC(F)(F)[C-]=CC(F)(F)F.[CH]1[CH][CH][CH][CH]1.[CH]1[CH][CH][CH][CH]1.[Rh+2].[Rh+2]. The summed E-state index contributed by atoms with van der Waals surface area (Å²) in [4.78, 5) is 0. The molecule has 0 spiro atoms. The van der Waals surface area contributed by atoms with Crippen molar-refractivity contribution in [2.24, 2.45) is 0 Å². The molecule has 0 amide bonds. The molecule has 0 aromatic heterocycles. The smallest absolute Gasteiger partial charge is 0.793 e. The van der Waals surface area contributed by atoms with Gasteiger partial charge in [0.1, 0.15) is 0 Å². The number of allylic oxidation sites excluding steroid dienone is 2. The van der Waals surface area contributed by atoms with Gasteiger partial charge < -0.3 is 18.7 Å². The summed E-state index contributed by atoms with van der Waals surface area (Å²) in [5.41, 5.74) is 0. The Hall–Kier alpha value is 0.917. The van der Waals surface area contributed by atoms with Crippen LogP contribution in [-0.2, 0) is 51.6 Å². The molecule has 25 heavy (non-hydrogen) atoms. The van der Waals surface area contributed by atoms with Crippen LogP contribution in [-0.4, -0.2) is 18.1 Å². The van der Waals surface area contributed by atoms with E-state index in [1.807, 2.05) is 71.1 Å². The van der Waals surface area contributed by atoms with E-state index in [2.05, 4.69) is 12.6 Å². The van der Waals surface area contributed by atoms with Crippen LogP contribution in [0.5, 0.6) is 0 Å². The van der Waals surface area contributed by atoms with Crippen LogP contribution in [0.4, 0.5) is 26.3 Å². The minimum absolute atomic E-state index is 0. The van der Waals surface area contributed by atoms with Gasteiger partial charge in [-0.25, -0.2) is 13.2 Å². The molecule has 0 heterocycles. The van der Waals surface area contributed by atoms with Crippen molar-refractivity contribution in [1.82, 2.24) is 0 Å². The quantitative estimate of drug-likeness (QED) is 0.173. The maximum absolute atomic E-state index is 11.0. The van der Waals surface area contributed by atoms with Crippen LogP contribution < -0.4 is 0 Å². The van der Waals surface area contributed by atoms with Gasteiger partial charge in [0, 0.05) is 0 Å². The Morgan fingerprint density at radius 2 is 0.920 bits per heavy atom. The van der Waals surface area contributed by atoms with E-state index in [1.165, 1.54) is 0 Å². The third-order valence-corrected chi connectivity index (χ3v) is 1.51. The number of halogens is 6. The Bertz CT molecular complexity index is 232. The Morgan fingerprint density at radius 1 is 0.720 bits per heavy atom. The summed E-state index contributed by atoms with van der Waals surface area (Å²) in [5.74, 6) is 0.833. The molecule has 2 saturated carbocycles. The Kier molecular flexibility index (Phi) is 28.4. The summed E-state index contributed by atoms with van der Waals surface area (Å²) >= 11 is 4.39. The second-order valence-electron chi connectivity index (χ2n) is 3.54. The molecule has 9 heteroatoms. The van der Waals surface area contributed by atoms with Crippen LogP contribution in [0.25, 0.3) is 0 Å². The zero-order chi connectivity index (χ0) is 18.2. The van der Waals surface area contributed by atoms with Gasteiger partial charge in [0.2, 0.25) is 0 Å². The van der Waals surface area contributed by atoms with E-state index in [9.17, 15) is 26.3 Å². The molecule has 0 N–H and O–H groups in total. The van der Waals surface area contributed by atoms with E-state index in [-0.39, 0.29) is 45.0 Å². The average molecular weight is 560 g/mol. The fraction of sp³-hybridized carbons (Fsp3) is 0.250. The van der Waals surface area contributed by atoms with Crippen LogP contribution in [0.15, 0.2) is 6.08 Å². The Balaban J connectivity index is -0.000000125. The standard InChI is InChI=1S/2C5H5.C4HF6.C2H6S.2Rh/c2*1-2-4-5-3-1;5-3(6,7)1-2-4(8,9)10;1-2-3;;/h2*1-5H;1H;3H,2H2,1H3;;/q;;-1;;2*+2/p-1. The molecule has 2 rings (SSSR count). The molecule has 0 unspecified atom stereocenters. The van der Waals surface area contributed by atoms with Gasteiger partial charge in [-0.1, -0.05) is 6.92 Å². The minimum atomic E-state index is -5.02. The second-order valence-corrected chi connectivity index (χ2v) is 4.12. The van der Waals surface area contributed by atoms with E-state index in [0.717, 1.165) is 5.75 Å². The van der Waals surface area contributed by atoms with Gasteiger partial charge in [0.15, 0.2) is 0 Å². The maximum Gasteiger partial charge on any atom is 2.00 e. The van der Waals surface area contributed by atoms with Gasteiger partial charge >= 0.3 is 45.1 Å². The third-order valence-electron chi connectivity index (χ3n) is 1.51. The van der Waals surface area contributed by atoms with Gasteiger partial charge in [0.05, 0.1) is 0 Å². The molecule has 0 atom stereocenters. The number of alkyl halides is 6. The predicted molar refractivity (Wildman–Crippen MR) is 80.8 cm³/mol. The van der Waals surface area contributed by atoms with Crippen molar-refractivity contribution in [1.29, 1.82) is 0 Å². The average Bonchev–Trinajstić information content (AvgIpc) is 3.14. The van der Waals surface area contributed by atoms with Crippen molar-refractivity contribution < 1.29 is 65.3 Å². The van der Waals surface area contributed by atoms with Crippen molar-refractivity contribution in [3.05, 3.63) is 76.4 Å². The third kappa shape index (κ3) is 40.8. The molecule has 2 aliphatic carbocycles. The van der Waals surface area contributed by atoms with Crippen molar-refractivity contribution in [2.45, 2.75) is 19.3 Å². The maximum atomic E-state index is 11.0. The van der Waals surface area contributed by atoms with E-state index in [4.69, 9.17) is 0 Å². The zero-order valence-corrected chi connectivity index (χ0v) is 17.0. The Labute approximate surface area is 178 Å². The summed E-state index contributed by atoms with van der Waals surface area (Å²) < 4.78 is 65.7. The first-order chi connectivity index (χ1) is 10.6. The summed E-state index contributed by atoms with van der Waals surface area (Å²) in [5, 5.41) is 0. The summed E-state index contributed by atoms with van der Waals surface area (Å²) in [6.45, 7) is 1.94. The molecule has 2 fully saturated rings. The molecular formula is C16H16F6Rh2S+2. The van der Waals surface area contributed by atoms with Crippen molar-refractivity contribution in [2.75, 3.05) is 5.75 Å². The fourth-order valence-electron chi connectivity index (χ4n) is 0.805. The number of hydrogen-bond donors (Lipinski definition) is 0. The Morgan fingerprint density at radius 3 is 1.00 bits per heavy atom. The molecule has 0 aliphatic heterocycles. The first-order valence-corrected chi connectivity index (χ1v) is 6.87. The van der Waals surface area contributed by atoms with Crippen LogP contribution in [0.1, 0.15) is 6.92 Å². The van der Waals surface area contributed by atoms with Gasteiger partial charge in [0.25, 0.3) is 6.18 Å². The van der Waals surface area contributed by atoms with E-state index in [0.29, 0.717) is 0 Å². The number of hydrogen-bond acceptors (Lipinski definition) is 1. The molecule has 0 nitrogen and oxygen atoms in total. The molecule has 0 saturated heterocycles. The molecular weight excluding hydrogens is 544 g/mol. The predicted octanol–water partition coefficient (Wildman–Crippen LogP) is 5.06. The molecule has 12 radical (unpaired) electrons. The number of rotatable bonds is 0. The summed E-state index contributed by atoms with van der Waals surface area (Å²) in [7, 11) is 0. The monoisotopic (exact) mass is 560 g/mol. The normalized spacial score (nSPS) is 16.2. The topological polar surface area (TPSA) is 0 Å². The van der Waals surface area contributed by atoms with Crippen molar-refractivity contribution >= 4 is 12.6 Å². The molecule has 2 aliphatic rings. The van der Waals surface area contributed by atoms with Crippen LogP contribution in [0.3, 0.4) is 0 Å². The largest absolute Gasteiger partial charge is 2.00 e. The molecule has 0 aromatic carbocycles. The van der Waals surface area contributed by atoms with Crippen molar-refractivity contribution in [3.8, 4) is 0 Å². The molecule has 0 aromatic rings. The van der Waals surface area contributed by atoms with E-state index in [1.54, 1.807) is 0 Å². The minimum Gasteiger partial charge on any atom is -0.793 e. The van der Waals surface area contributed by atoms with Gasteiger partial charge in [-0.2, -0.15) is 25.0 Å². The van der Waals surface area contributed by atoms with Gasteiger partial charge in [-0.3, -0.25) is 0 Å². The van der Waals surface area contributed by atoms with Crippen molar-refractivity contribution in [3.63, 3.8) is 0 Å². The second kappa shape index (κ2) is 21.2. The summed E-state index contributed by atoms with van der Waals surface area (Å²) in [6, 6.07) is 0. The van der Waals surface area contributed by atoms with Crippen LogP contribution >= 0.6 is 0 Å². The molecule has 144 valence electrons. The van der Waals surface area contributed by atoms with E-state index >= 15 is 0 Å². The van der Waals surface area contributed by atoms with Gasteiger partial charge in [-0.15, -0.1) is 0 Å². The van der Waals surface area contributed by atoms with Gasteiger partial charge in [-0.05, 0) is 64.2 Å². The first-order valence-electron chi connectivity index (χ1n) is 6.29.